The topological polar surface area (TPSA) is 38.7 Å². The molecule has 18 heavy (non-hydrogen) atoms. The van der Waals surface area contributed by atoms with E-state index in [1.54, 1.807) is 13.2 Å². The normalized spacial score (nSPS) is 23.9. The highest BCUT2D eigenvalue weighted by atomic mass is 35.5. The fourth-order valence-electron chi connectivity index (χ4n) is 2.40. The van der Waals surface area contributed by atoms with E-state index in [0.29, 0.717) is 10.8 Å². The number of aliphatic hydroxyl groups excluding tert-OH is 1. The average Bonchev–Trinajstić information content (AvgIpc) is 2.41. The molecule has 2 unspecified atom stereocenters. The molecule has 3 nitrogen and oxygen atoms in total. The Morgan fingerprint density at radius 2 is 2.11 bits per heavy atom. The van der Waals surface area contributed by atoms with Gasteiger partial charge in [-0.2, -0.15) is 0 Å². The van der Waals surface area contributed by atoms with Crippen LogP contribution in [0.4, 0.5) is 0 Å². The van der Waals surface area contributed by atoms with E-state index in [4.69, 9.17) is 21.1 Å². The number of hydrogen-bond donors (Lipinski definition) is 1. The number of para-hydroxylation sites is 1. The Morgan fingerprint density at radius 1 is 1.33 bits per heavy atom. The summed E-state index contributed by atoms with van der Waals surface area (Å²) in [5, 5.41) is 9.86. The minimum absolute atomic E-state index is 0.0592. The quantitative estimate of drug-likeness (QED) is 0.913. The maximum Gasteiger partial charge on any atom is 0.143 e. The molecular weight excluding hydrogens is 252 g/mol. The molecule has 0 amide bonds. The zero-order chi connectivity index (χ0) is 13.0. The standard InChI is InChI=1S/C14H19ClO3/c1-17-11-5-3-6-12(8-11)18-14-10(9-16)4-2-7-13(14)15/h2,4,7,11-12,16H,3,5-6,8-9H2,1H3. The lowest BCUT2D eigenvalue weighted by molar-refractivity contribution is 0.0203. The average molecular weight is 271 g/mol. The SMILES string of the molecule is COC1CCCC(Oc2c(Cl)cccc2CO)C1. The lowest BCUT2D eigenvalue weighted by Crippen LogP contribution is -2.29. The molecule has 1 aliphatic carbocycles. The van der Waals surface area contributed by atoms with Crippen LogP contribution in [0.5, 0.6) is 5.75 Å². The van der Waals surface area contributed by atoms with Crippen LogP contribution in [0, 0.1) is 0 Å². The van der Waals surface area contributed by atoms with Gasteiger partial charge in [0.15, 0.2) is 0 Å². The number of methoxy groups -OCH3 is 1. The van der Waals surface area contributed by atoms with Crippen LogP contribution in [0.2, 0.25) is 5.02 Å². The molecule has 2 rings (SSSR count). The van der Waals surface area contributed by atoms with Crippen LogP contribution in [0.3, 0.4) is 0 Å². The molecule has 1 fully saturated rings. The number of benzene rings is 1. The van der Waals surface area contributed by atoms with Crippen molar-refractivity contribution in [3.05, 3.63) is 28.8 Å². The summed E-state index contributed by atoms with van der Waals surface area (Å²) in [6.45, 7) is -0.0592. The monoisotopic (exact) mass is 270 g/mol. The van der Waals surface area contributed by atoms with Gasteiger partial charge in [-0.1, -0.05) is 23.7 Å². The van der Waals surface area contributed by atoms with Gasteiger partial charge >= 0.3 is 0 Å². The van der Waals surface area contributed by atoms with Crippen LogP contribution in [-0.2, 0) is 11.3 Å². The van der Waals surface area contributed by atoms with Crippen molar-refractivity contribution in [1.82, 2.24) is 0 Å². The molecule has 1 aromatic carbocycles. The highest BCUT2D eigenvalue weighted by molar-refractivity contribution is 6.32. The first kappa shape index (κ1) is 13.7. The zero-order valence-corrected chi connectivity index (χ0v) is 11.3. The van der Waals surface area contributed by atoms with Crippen LogP contribution in [0.25, 0.3) is 0 Å². The fourth-order valence-corrected chi connectivity index (χ4v) is 2.64. The zero-order valence-electron chi connectivity index (χ0n) is 10.6. The van der Waals surface area contributed by atoms with Crippen LogP contribution >= 0.6 is 11.6 Å². The highest BCUT2D eigenvalue weighted by Crippen LogP contribution is 2.32. The number of hydrogen-bond acceptors (Lipinski definition) is 3. The first-order valence-corrected chi connectivity index (χ1v) is 6.70. The maximum absolute atomic E-state index is 9.31. The Kier molecular flexibility index (Phi) is 4.87. The van der Waals surface area contributed by atoms with E-state index in [9.17, 15) is 5.11 Å². The molecule has 0 radical (unpaired) electrons. The molecule has 0 aliphatic heterocycles. The highest BCUT2D eigenvalue weighted by Gasteiger charge is 2.24. The van der Waals surface area contributed by atoms with Gasteiger partial charge in [0.1, 0.15) is 11.9 Å². The molecular formula is C14H19ClO3. The number of rotatable bonds is 4. The van der Waals surface area contributed by atoms with Gasteiger partial charge in [0.05, 0.1) is 17.7 Å². The minimum Gasteiger partial charge on any atom is -0.488 e. The number of halogens is 1. The predicted molar refractivity (Wildman–Crippen MR) is 71.1 cm³/mol. The first-order valence-electron chi connectivity index (χ1n) is 6.32. The second kappa shape index (κ2) is 6.41. The summed E-state index contributed by atoms with van der Waals surface area (Å²) in [6.07, 6.45) is 4.47. The van der Waals surface area contributed by atoms with Crippen LogP contribution < -0.4 is 4.74 Å². The molecule has 2 atom stereocenters. The second-order valence-electron chi connectivity index (χ2n) is 4.65. The van der Waals surface area contributed by atoms with Crippen molar-refractivity contribution in [3.63, 3.8) is 0 Å². The largest absolute Gasteiger partial charge is 0.488 e. The van der Waals surface area contributed by atoms with Crippen molar-refractivity contribution in [2.24, 2.45) is 0 Å². The Morgan fingerprint density at radius 3 is 2.83 bits per heavy atom. The predicted octanol–water partition coefficient (Wildman–Crippen LogP) is 3.17. The molecule has 0 saturated heterocycles. The lowest BCUT2D eigenvalue weighted by atomic mass is 9.95. The molecule has 100 valence electrons. The molecule has 1 aromatic rings. The molecule has 4 heteroatoms. The third-order valence-corrected chi connectivity index (χ3v) is 3.71. The molecule has 0 spiro atoms. The van der Waals surface area contributed by atoms with Crippen molar-refractivity contribution < 1.29 is 14.6 Å². The molecule has 0 bridgehead atoms. The Labute approximate surface area is 113 Å². The number of ether oxygens (including phenoxy) is 2. The molecule has 1 saturated carbocycles. The summed E-state index contributed by atoms with van der Waals surface area (Å²) in [6, 6.07) is 5.43. The van der Waals surface area contributed by atoms with Gasteiger partial charge in [0, 0.05) is 19.1 Å². The van der Waals surface area contributed by atoms with E-state index >= 15 is 0 Å². The van der Waals surface area contributed by atoms with Crippen molar-refractivity contribution in [2.75, 3.05) is 7.11 Å². The Hall–Kier alpha value is -0.770. The summed E-state index contributed by atoms with van der Waals surface area (Å²) >= 11 is 6.13. The van der Waals surface area contributed by atoms with Crippen LogP contribution in [0.15, 0.2) is 18.2 Å². The van der Waals surface area contributed by atoms with Gasteiger partial charge in [0.2, 0.25) is 0 Å². The minimum atomic E-state index is -0.0592. The van der Waals surface area contributed by atoms with E-state index in [2.05, 4.69) is 0 Å². The molecule has 0 aromatic heterocycles. The van der Waals surface area contributed by atoms with Crippen LogP contribution in [0.1, 0.15) is 31.2 Å². The Bertz CT molecular complexity index is 395. The summed E-state index contributed by atoms with van der Waals surface area (Å²) < 4.78 is 11.4. The lowest BCUT2D eigenvalue weighted by Gasteiger charge is -2.29. The maximum atomic E-state index is 9.31. The smallest absolute Gasteiger partial charge is 0.143 e. The van der Waals surface area contributed by atoms with Gasteiger partial charge in [-0.25, -0.2) is 0 Å². The van der Waals surface area contributed by atoms with E-state index in [0.717, 1.165) is 31.2 Å². The van der Waals surface area contributed by atoms with Gasteiger partial charge < -0.3 is 14.6 Å². The van der Waals surface area contributed by atoms with E-state index in [1.165, 1.54) is 0 Å². The van der Waals surface area contributed by atoms with Crippen molar-refractivity contribution >= 4 is 11.6 Å². The van der Waals surface area contributed by atoms with E-state index < -0.39 is 0 Å². The van der Waals surface area contributed by atoms with E-state index in [1.807, 2.05) is 12.1 Å². The van der Waals surface area contributed by atoms with Gasteiger partial charge in [-0.05, 0) is 25.3 Å². The van der Waals surface area contributed by atoms with Crippen molar-refractivity contribution in [2.45, 2.75) is 44.5 Å². The summed E-state index contributed by atoms with van der Waals surface area (Å²) in [7, 11) is 1.74. The summed E-state index contributed by atoms with van der Waals surface area (Å²) in [5.74, 6) is 0.614. The first-order chi connectivity index (χ1) is 8.74. The summed E-state index contributed by atoms with van der Waals surface area (Å²) in [5.41, 5.74) is 0.738. The van der Waals surface area contributed by atoms with Gasteiger partial charge in [0.25, 0.3) is 0 Å². The number of aliphatic hydroxyl groups is 1. The van der Waals surface area contributed by atoms with Gasteiger partial charge in [-0.15, -0.1) is 0 Å². The van der Waals surface area contributed by atoms with Crippen molar-refractivity contribution in [3.8, 4) is 5.75 Å². The molecule has 1 N–H and O–H groups in total. The Balaban J connectivity index is 2.09. The molecule has 1 aliphatic rings. The van der Waals surface area contributed by atoms with Gasteiger partial charge in [-0.3, -0.25) is 0 Å². The third kappa shape index (κ3) is 3.16. The second-order valence-corrected chi connectivity index (χ2v) is 5.06. The fraction of sp³-hybridized carbons (Fsp3) is 0.571. The summed E-state index contributed by atoms with van der Waals surface area (Å²) in [4.78, 5) is 0. The third-order valence-electron chi connectivity index (χ3n) is 3.41. The van der Waals surface area contributed by atoms with Crippen LogP contribution in [-0.4, -0.2) is 24.4 Å². The van der Waals surface area contributed by atoms with Crippen molar-refractivity contribution in [1.29, 1.82) is 0 Å². The molecule has 0 heterocycles. The van der Waals surface area contributed by atoms with E-state index in [-0.39, 0.29) is 18.8 Å².